The van der Waals surface area contributed by atoms with Gasteiger partial charge in [-0.15, -0.1) is 12.4 Å². The fraction of sp³-hybridized carbons (Fsp3) is 0.462. The Morgan fingerprint density at radius 1 is 1.38 bits per heavy atom. The summed E-state index contributed by atoms with van der Waals surface area (Å²) in [5.41, 5.74) is -0.129. The van der Waals surface area contributed by atoms with Crippen LogP contribution < -0.4 is 5.32 Å². The zero-order chi connectivity index (χ0) is 15.1. The number of halogens is 1. The zero-order valence-corrected chi connectivity index (χ0v) is 12.9. The monoisotopic (exact) mass is 317 g/mol. The molecule has 0 heterocycles. The lowest BCUT2D eigenvalue weighted by molar-refractivity contribution is -0.385. The minimum Gasteiger partial charge on any atom is -0.477 e. The summed E-state index contributed by atoms with van der Waals surface area (Å²) in [4.78, 5) is 23.1. The van der Waals surface area contributed by atoms with Crippen LogP contribution >= 0.6 is 12.4 Å². The number of rotatable bonds is 8. The van der Waals surface area contributed by atoms with Crippen LogP contribution in [0, 0.1) is 10.1 Å². The average Bonchev–Trinajstić information content (AvgIpc) is 2.37. The van der Waals surface area contributed by atoms with E-state index in [1.54, 1.807) is 6.07 Å². The second kappa shape index (κ2) is 9.15. The molecular weight excluding hydrogens is 298 g/mol. The first-order valence-electron chi connectivity index (χ1n) is 6.32. The minimum absolute atomic E-state index is 0. The molecule has 0 saturated heterocycles. The molecule has 1 aromatic carbocycles. The molecular formula is C13H20ClN3O4. The molecule has 1 aromatic rings. The average molecular weight is 318 g/mol. The van der Waals surface area contributed by atoms with Gasteiger partial charge in [0.25, 0.3) is 5.69 Å². The normalized spacial score (nSPS) is 10.0. The maximum absolute atomic E-state index is 10.9. The van der Waals surface area contributed by atoms with Crippen LogP contribution in [0.25, 0.3) is 0 Å². The van der Waals surface area contributed by atoms with Gasteiger partial charge in [0.2, 0.25) is 0 Å². The highest BCUT2D eigenvalue weighted by atomic mass is 35.5. The number of carbonyl (C=O) groups is 1. The molecule has 0 spiro atoms. The molecule has 7 nitrogen and oxygen atoms in total. The van der Waals surface area contributed by atoms with Gasteiger partial charge in [0.05, 0.1) is 4.92 Å². The SMILES string of the molecule is CN(C)CCCCNc1ccc(C(=O)O)c([N+](=O)[O-])c1.Cl. The Hall–Kier alpha value is -1.86. The summed E-state index contributed by atoms with van der Waals surface area (Å²) < 4.78 is 0. The van der Waals surface area contributed by atoms with Crippen molar-refractivity contribution >= 4 is 29.8 Å². The van der Waals surface area contributed by atoms with E-state index in [-0.39, 0.29) is 18.0 Å². The van der Waals surface area contributed by atoms with E-state index in [9.17, 15) is 14.9 Å². The molecule has 0 fully saturated rings. The summed E-state index contributed by atoms with van der Waals surface area (Å²) in [6, 6.07) is 4.06. The van der Waals surface area contributed by atoms with Crippen molar-refractivity contribution in [3.8, 4) is 0 Å². The first kappa shape index (κ1) is 19.1. The Morgan fingerprint density at radius 2 is 2.05 bits per heavy atom. The fourth-order valence-electron chi connectivity index (χ4n) is 1.76. The summed E-state index contributed by atoms with van der Waals surface area (Å²) in [5, 5.41) is 22.8. The van der Waals surface area contributed by atoms with Gasteiger partial charge >= 0.3 is 5.97 Å². The van der Waals surface area contributed by atoms with Gasteiger partial charge in [-0.2, -0.15) is 0 Å². The quantitative estimate of drug-likeness (QED) is 0.434. The number of unbranched alkanes of at least 4 members (excludes halogenated alkanes) is 1. The van der Waals surface area contributed by atoms with Gasteiger partial charge in [0, 0.05) is 18.3 Å². The van der Waals surface area contributed by atoms with E-state index in [0.29, 0.717) is 12.2 Å². The number of benzene rings is 1. The van der Waals surface area contributed by atoms with Crippen molar-refractivity contribution in [3.05, 3.63) is 33.9 Å². The van der Waals surface area contributed by atoms with E-state index in [4.69, 9.17) is 5.11 Å². The Balaban J connectivity index is 0.00000400. The van der Waals surface area contributed by atoms with Crippen LogP contribution in [0.15, 0.2) is 18.2 Å². The molecule has 21 heavy (non-hydrogen) atoms. The number of nitrogens with one attached hydrogen (secondary N) is 1. The largest absolute Gasteiger partial charge is 0.477 e. The van der Waals surface area contributed by atoms with E-state index >= 15 is 0 Å². The maximum atomic E-state index is 10.9. The predicted octanol–water partition coefficient (Wildman–Crippen LogP) is 2.47. The van der Waals surface area contributed by atoms with E-state index in [1.165, 1.54) is 12.1 Å². The van der Waals surface area contributed by atoms with Crippen molar-refractivity contribution in [1.29, 1.82) is 0 Å². The maximum Gasteiger partial charge on any atom is 0.342 e. The van der Waals surface area contributed by atoms with E-state index in [1.807, 2.05) is 14.1 Å². The van der Waals surface area contributed by atoms with E-state index in [2.05, 4.69) is 10.2 Å². The van der Waals surface area contributed by atoms with Gasteiger partial charge in [-0.05, 0) is 45.6 Å². The lowest BCUT2D eigenvalue weighted by Crippen LogP contribution is -2.14. The molecule has 0 amide bonds. The van der Waals surface area contributed by atoms with Crippen LogP contribution in [0.4, 0.5) is 11.4 Å². The smallest absolute Gasteiger partial charge is 0.342 e. The first-order chi connectivity index (χ1) is 9.41. The summed E-state index contributed by atoms with van der Waals surface area (Å²) in [6.45, 7) is 1.68. The first-order valence-corrected chi connectivity index (χ1v) is 6.32. The summed E-state index contributed by atoms with van der Waals surface area (Å²) in [5.74, 6) is -1.30. The second-order valence-electron chi connectivity index (χ2n) is 4.73. The number of hydrogen-bond donors (Lipinski definition) is 2. The lowest BCUT2D eigenvalue weighted by Gasteiger charge is -2.10. The van der Waals surface area contributed by atoms with Crippen LogP contribution in [0.5, 0.6) is 0 Å². The zero-order valence-electron chi connectivity index (χ0n) is 12.0. The molecule has 0 atom stereocenters. The minimum atomic E-state index is -1.30. The van der Waals surface area contributed by atoms with Crippen LogP contribution in [0.3, 0.4) is 0 Å². The highest BCUT2D eigenvalue weighted by molar-refractivity contribution is 5.93. The fourth-order valence-corrected chi connectivity index (χ4v) is 1.76. The van der Waals surface area contributed by atoms with Crippen molar-refractivity contribution in [2.75, 3.05) is 32.5 Å². The van der Waals surface area contributed by atoms with Crippen molar-refractivity contribution in [3.63, 3.8) is 0 Å². The van der Waals surface area contributed by atoms with Crippen LogP contribution in [-0.2, 0) is 0 Å². The number of carboxylic acids is 1. The molecule has 118 valence electrons. The number of carboxylic acid groups (broad SMARTS) is 1. The van der Waals surface area contributed by atoms with Crippen LogP contribution in [-0.4, -0.2) is 48.1 Å². The molecule has 0 saturated carbocycles. The molecule has 1 rings (SSSR count). The third-order valence-corrected chi connectivity index (χ3v) is 2.79. The number of aromatic carboxylic acids is 1. The molecule has 2 N–H and O–H groups in total. The predicted molar refractivity (Wildman–Crippen MR) is 83.6 cm³/mol. The topological polar surface area (TPSA) is 95.7 Å². The Labute approximate surface area is 129 Å². The summed E-state index contributed by atoms with van der Waals surface area (Å²) in [6.07, 6.45) is 1.96. The van der Waals surface area contributed by atoms with E-state index < -0.39 is 16.6 Å². The van der Waals surface area contributed by atoms with Gasteiger partial charge in [0.1, 0.15) is 5.56 Å². The van der Waals surface area contributed by atoms with Gasteiger partial charge in [-0.1, -0.05) is 0 Å². The Morgan fingerprint density at radius 3 is 2.57 bits per heavy atom. The molecule has 0 unspecified atom stereocenters. The Kier molecular flexibility index (Phi) is 8.34. The van der Waals surface area contributed by atoms with Crippen molar-refractivity contribution in [2.24, 2.45) is 0 Å². The molecule has 0 bridgehead atoms. The number of anilines is 1. The van der Waals surface area contributed by atoms with Crippen LogP contribution in [0.2, 0.25) is 0 Å². The molecule has 8 heteroatoms. The van der Waals surface area contributed by atoms with Gasteiger partial charge in [0.15, 0.2) is 0 Å². The van der Waals surface area contributed by atoms with Crippen molar-refractivity contribution in [2.45, 2.75) is 12.8 Å². The summed E-state index contributed by atoms with van der Waals surface area (Å²) in [7, 11) is 4.00. The van der Waals surface area contributed by atoms with Crippen LogP contribution in [0.1, 0.15) is 23.2 Å². The van der Waals surface area contributed by atoms with Gasteiger partial charge < -0.3 is 15.3 Å². The van der Waals surface area contributed by atoms with E-state index in [0.717, 1.165) is 19.4 Å². The standard InChI is InChI=1S/C13H19N3O4.ClH/c1-15(2)8-4-3-7-14-10-5-6-11(13(17)18)12(9-10)16(19)20;/h5-6,9,14H,3-4,7-8H2,1-2H3,(H,17,18);1H. The number of nitro benzene ring substituents is 1. The molecule has 0 aliphatic rings. The highest BCUT2D eigenvalue weighted by Crippen LogP contribution is 2.23. The number of nitrogens with zero attached hydrogens (tertiary/aromatic N) is 2. The molecule has 0 aromatic heterocycles. The number of nitro groups is 1. The number of hydrogen-bond acceptors (Lipinski definition) is 5. The van der Waals surface area contributed by atoms with Gasteiger partial charge in [-0.3, -0.25) is 10.1 Å². The Bertz CT molecular complexity index is 494. The lowest BCUT2D eigenvalue weighted by atomic mass is 10.1. The van der Waals surface area contributed by atoms with Crippen molar-refractivity contribution in [1.82, 2.24) is 4.90 Å². The molecule has 0 aliphatic heterocycles. The molecule has 0 aliphatic carbocycles. The third-order valence-electron chi connectivity index (χ3n) is 2.79. The third kappa shape index (κ3) is 6.42. The van der Waals surface area contributed by atoms with Gasteiger partial charge in [-0.25, -0.2) is 4.79 Å². The summed E-state index contributed by atoms with van der Waals surface area (Å²) >= 11 is 0. The van der Waals surface area contributed by atoms with Crippen molar-refractivity contribution < 1.29 is 14.8 Å². The second-order valence-corrected chi connectivity index (χ2v) is 4.73. The molecule has 0 radical (unpaired) electrons. The highest BCUT2D eigenvalue weighted by Gasteiger charge is 2.19.